The zero-order valence-electron chi connectivity index (χ0n) is 15.5. The molecule has 144 valence electrons. The van der Waals surface area contributed by atoms with Crippen molar-refractivity contribution in [1.29, 1.82) is 0 Å². The Hall–Kier alpha value is -3.55. The van der Waals surface area contributed by atoms with Gasteiger partial charge in [0.2, 0.25) is 5.91 Å². The summed E-state index contributed by atoms with van der Waals surface area (Å²) < 4.78 is 6.53. The molecule has 0 saturated heterocycles. The fourth-order valence-corrected chi connectivity index (χ4v) is 2.65. The zero-order valence-corrected chi connectivity index (χ0v) is 15.5. The van der Waals surface area contributed by atoms with Crippen molar-refractivity contribution in [2.75, 3.05) is 11.9 Å². The first kappa shape index (κ1) is 19.2. The van der Waals surface area contributed by atoms with Gasteiger partial charge in [-0.1, -0.05) is 37.3 Å². The van der Waals surface area contributed by atoms with Gasteiger partial charge in [0.25, 0.3) is 0 Å². The molecule has 0 aliphatic carbocycles. The first-order valence-corrected chi connectivity index (χ1v) is 9.02. The van der Waals surface area contributed by atoms with Gasteiger partial charge in [-0.15, -0.1) is 5.10 Å². The second-order valence-electron chi connectivity index (χ2n) is 6.20. The molecule has 0 fully saturated rings. The molecule has 0 bridgehead atoms. The smallest absolute Gasteiger partial charge is 0.338 e. The number of carbonyl (C=O) groups is 2. The maximum absolute atomic E-state index is 12.9. The Morgan fingerprint density at radius 1 is 1.11 bits per heavy atom. The summed E-state index contributed by atoms with van der Waals surface area (Å²) in [6, 6.07) is 15.6. The number of amides is 1. The Bertz CT molecular complexity index is 895. The predicted molar refractivity (Wildman–Crippen MR) is 103 cm³/mol. The predicted octanol–water partition coefficient (Wildman–Crippen LogP) is 2.66. The Morgan fingerprint density at radius 3 is 2.50 bits per heavy atom. The van der Waals surface area contributed by atoms with Crippen LogP contribution in [0.2, 0.25) is 0 Å². The van der Waals surface area contributed by atoms with Gasteiger partial charge in [-0.25, -0.2) is 9.48 Å². The molecule has 8 nitrogen and oxygen atoms in total. The van der Waals surface area contributed by atoms with Crippen molar-refractivity contribution >= 4 is 17.6 Å². The number of aromatic nitrogens is 4. The number of ether oxygens (including phenoxy) is 1. The van der Waals surface area contributed by atoms with E-state index < -0.39 is 6.04 Å². The molecule has 3 rings (SSSR count). The highest BCUT2D eigenvalue weighted by Crippen LogP contribution is 2.17. The molecular weight excluding hydrogens is 358 g/mol. The number of rotatable bonds is 8. The number of carbonyl (C=O) groups excluding carboxylic acids is 2. The Balaban J connectivity index is 1.70. The molecule has 0 aliphatic heterocycles. The summed E-state index contributed by atoms with van der Waals surface area (Å²) in [5.74, 6) is -0.632. The minimum Gasteiger partial charge on any atom is -0.462 e. The average Bonchev–Trinajstić information content (AvgIpc) is 3.26. The number of benzene rings is 2. The van der Waals surface area contributed by atoms with E-state index in [0.717, 1.165) is 12.0 Å². The summed E-state index contributed by atoms with van der Waals surface area (Å²) in [6.45, 7) is 2.31. The monoisotopic (exact) mass is 379 g/mol. The highest BCUT2D eigenvalue weighted by atomic mass is 16.5. The maximum Gasteiger partial charge on any atom is 0.338 e. The van der Waals surface area contributed by atoms with Crippen LogP contribution in [0.5, 0.6) is 0 Å². The van der Waals surface area contributed by atoms with Gasteiger partial charge < -0.3 is 10.1 Å². The second-order valence-corrected chi connectivity index (χ2v) is 6.20. The molecular formula is C20H21N5O3. The maximum atomic E-state index is 12.9. The highest BCUT2D eigenvalue weighted by Gasteiger charge is 2.22. The molecule has 3 aromatic rings. The summed E-state index contributed by atoms with van der Waals surface area (Å²) in [7, 11) is 0. The van der Waals surface area contributed by atoms with Gasteiger partial charge in [-0.3, -0.25) is 4.79 Å². The van der Waals surface area contributed by atoms with E-state index in [1.807, 2.05) is 37.3 Å². The minimum atomic E-state index is -0.605. The summed E-state index contributed by atoms with van der Waals surface area (Å²) in [5, 5.41) is 14.0. The van der Waals surface area contributed by atoms with Crippen molar-refractivity contribution in [2.24, 2.45) is 0 Å². The molecule has 0 aliphatic rings. The molecule has 1 atom stereocenters. The third kappa shape index (κ3) is 5.00. The lowest BCUT2D eigenvalue weighted by molar-refractivity contribution is -0.119. The van der Waals surface area contributed by atoms with E-state index in [9.17, 15) is 9.59 Å². The normalized spacial score (nSPS) is 11.6. The first-order valence-electron chi connectivity index (χ1n) is 9.02. The molecule has 0 spiro atoms. The number of nitrogens with zero attached hydrogens (tertiary/aromatic N) is 4. The second kappa shape index (κ2) is 9.40. The van der Waals surface area contributed by atoms with Crippen LogP contribution >= 0.6 is 0 Å². The van der Waals surface area contributed by atoms with E-state index in [2.05, 4.69) is 20.8 Å². The van der Waals surface area contributed by atoms with Gasteiger partial charge in [0.1, 0.15) is 12.4 Å². The Kier molecular flexibility index (Phi) is 6.46. The van der Waals surface area contributed by atoms with Crippen molar-refractivity contribution in [3.63, 3.8) is 0 Å². The van der Waals surface area contributed by atoms with Crippen molar-refractivity contribution < 1.29 is 14.3 Å². The van der Waals surface area contributed by atoms with Crippen LogP contribution in [-0.2, 0) is 16.0 Å². The fraction of sp³-hybridized carbons (Fsp3) is 0.250. The number of tetrazole rings is 1. The highest BCUT2D eigenvalue weighted by molar-refractivity contribution is 5.95. The zero-order chi connectivity index (χ0) is 19.8. The lowest BCUT2D eigenvalue weighted by Gasteiger charge is -2.16. The van der Waals surface area contributed by atoms with Gasteiger partial charge in [-0.2, -0.15) is 0 Å². The lowest BCUT2D eigenvalue weighted by Crippen LogP contribution is -2.28. The number of esters is 1. The number of hydrogen-bond acceptors (Lipinski definition) is 6. The quantitative estimate of drug-likeness (QED) is 0.604. The van der Waals surface area contributed by atoms with Gasteiger partial charge in [0.15, 0.2) is 0 Å². The number of nitrogens with one attached hydrogen (secondary N) is 1. The van der Waals surface area contributed by atoms with Crippen LogP contribution in [0.15, 0.2) is 60.9 Å². The summed E-state index contributed by atoms with van der Waals surface area (Å²) in [6.07, 6.45) is 2.62. The van der Waals surface area contributed by atoms with Crippen molar-refractivity contribution in [1.82, 2.24) is 20.2 Å². The lowest BCUT2D eigenvalue weighted by atomic mass is 10.1. The largest absolute Gasteiger partial charge is 0.462 e. The van der Waals surface area contributed by atoms with Crippen LogP contribution in [-0.4, -0.2) is 38.7 Å². The third-order valence-electron chi connectivity index (χ3n) is 4.08. The topological polar surface area (TPSA) is 99.0 Å². The van der Waals surface area contributed by atoms with Gasteiger partial charge in [0, 0.05) is 12.1 Å². The molecule has 0 saturated carbocycles. The Morgan fingerprint density at radius 2 is 1.86 bits per heavy atom. The van der Waals surface area contributed by atoms with Crippen LogP contribution < -0.4 is 5.32 Å². The van der Waals surface area contributed by atoms with Gasteiger partial charge in [0.05, 0.1) is 12.2 Å². The molecule has 1 N–H and O–H groups in total. The third-order valence-corrected chi connectivity index (χ3v) is 4.08. The van der Waals surface area contributed by atoms with Crippen molar-refractivity contribution in [3.05, 3.63) is 72.1 Å². The molecule has 2 aromatic carbocycles. The number of hydrogen-bond donors (Lipinski definition) is 1. The van der Waals surface area contributed by atoms with E-state index in [4.69, 9.17) is 4.74 Å². The summed E-state index contributed by atoms with van der Waals surface area (Å²) in [4.78, 5) is 24.7. The fourth-order valence-electron chi connectivity index (χ4n) is 2.65. The van der Waals surface area contributed by atoms with Crippen molar-refractivity contribution in [2.45, 2.75) is 25.8 Å². The van der Waals surface area contributed by atoms with Crippen LogP contribution in [0.1, 0.15) is 35.3 Å². The van der Waals surface area contributed by atoms with Crippen molar-refractivity contribution in [3.8, 4) is 0 Å². The van der Waals surface area contributed by atoms with Crippen LogP contribution in [0, 0.1) is 0 Å². The molecule has 0 radical (unpaired) electrons. The van der Waals surface area contributed by atoms with Gasteiger partial charge >= 0.3 is 5.97 Å². The molecule has 0 unspecified atom stereocenters. The Labute approximate surface area is 162 Å². The van der Waals surface area contributed by atoms with E-state index in [-0.39, 0.29) is 11.9 Å². The van der Waals surface area contributed by atoms with E-state index in [1.165, 1.54) is 11.0 Å². The van der Waals surface area contributed by atoms with E-state index >= 15 is 0 Å². The van der Waals surface area contributed by atoms with Gasteiger partial charge in [-0.05, 0) is 46.7 Å². The first-order chi connectivity index (χ1) is 13.7. The molecule has 1 aromatic heterocycles. The standard InChI is InChI=1S/C20H21N5O3/c1-2-12-28-20(27)16-8-10-17(11-9-16)22-19(26)18(25-14-21-23-24-25)13-15-6-4-3-5-7-15/h3-11,14,18H,2,12-13H2,1H3,(H,22,26)/t18-/m0/s1. The molecule has 1 heterocycles. The van der Waals surface area contributed by atoms with Crippen LogP contribution in [0.25, 0.3) is 0 Å². The summed E-state index contributed by atoms with van der Waals surface area (Å²) >= 11 is 0. The van der Waals surface area contributed by atoms with E-state index in [1.54, 1.807) is 24.3 Å². The molecule has 28 heavy (non-hydrogen) atoms. The van der Waals surface area contributed by atoms with E-state index in [0.29, 0.717) is 24.3 Å². The minimum absolute atomic E-state index is 0.252. The summed E-state index contributed by atoms with van der Waals surface area (Å²) in [5.41, 5.74) is 2.00. The molecule has 8 heteroatoms. The average molecular weight is 379 g/mol. The van der Waals surface area contributed by atoms with Crippen LogP contribution in [0.3, 0.4) is 0 Å². The number of anilines is 1. The molecule has 1 amide bonds. The SMILES string of the molecule is CCCOC(=O)c1ccc(NC(=O)[C@H](Cc2ccccc2)n2cnnn2)cc1. The van der Waals surface area contributed by atoms with Crippen LogP contribution in [0.4, 0.5) is 5.69 Å².